The Kier molecular flexibility index (Phi) is 7.12. The molecule has 6 bridgehead atoms. The highest BCUT2D eigenvalue weighted by atomic mass is 28.3. The number of rotatable bonds is 5. The average molecular weight is 942 g/mol. The molecule has 5 heteroatoms. The van der Waals surface area contributed by atoms with Crippen LogP contribution in [0.15, 0.2) is 127 Å². The molecule has 0 aromatic heterocycles. The van der Waals surface area contributed by atoms with Crippen molar-refractivity contribution < 1.29 is 0 Å². The van der Waals surface area contributed by atoms with Crippen molar-refractivity contribution in [2.75, 3.05) is 14.7 Å². The van der Waals surface area contributed by atoms with E-state index < -0.39 is 8.07 Å². The Morgan fingerprint density at radius 3 is 1.72 bits per heavy atom. The standard InChI is InChI=1S/C66H68BN3Si/c1-61(2,3)42-24-25-51-50(32-42)62(4)26-12-13-27-63(62,5)68(51)47-33-54-58-55(34-47)70(65-35-40-28-43(65)29-41(40)36-65)53-21-15-23-57-60(53)67(58)59-52(69(54)64-37-45-30-44-31-46(38-64)66(44,45)39-64)20-14-22-56(59)71(57,48-16-8-6-9-17-48)49-18-10-7-11-19-49/h6-11,14-25,32-34,40-41,43-46H,12-13,26-31,35-39H2,1-5H3. The van der Waals surface area contributed by atoms with Crippen molar-refractivity contribution >= 4 is 86.0 Å². The Balaban J connectivity index is 0.980. The van der Waals surface area contributed by atoms with Crippen molar-refractivity contribution in [3.8, 4) is 0 Å². The molecule has 0 amide bonds. The molecule has 0 saturated heterocycles. The van der Waals surface area contributed by atoms with Crippen molar-refractivity contribution in [2.45, 2.75) is 146 Å². The third kappa shape index (κ3) is 4.26. The molecule has 6 aromatic rings. The lowest BCUT2D eigenvalue weighted by Crippen LogP contribution is -2.88. The fraction of sp³-hybridized carbons (Fsp3) is 0.455. The summed E-state index contributed by atoms with van der Waals surface area (Å²) < 4.78 is 0. The van der Waals surface area contributed by atoms with Crippen LogP contribution in [0.25, 0.3) is 0 Å². The molecule has 19 rings (SSSR count). The molecule has 6 atom stereocenters. The van der Waals surface area contributed by atoms with Crippen LogP contribution in [0.5, 0.6) is 0 Å². The molecule has 6 aromatic carbocycles. The maximum Gasteiger partial charge on any atom is 0.251 e. The summed E-state index contributed by atoms with van der Waals surface area (Å²) in [4.78, 5) is 9.33. The van der Waals surface area contributed by atoms with Gasteiger partial charge < -0.3 is 14.7 Å². The lowest BCUT2D eigenvalue weighted by Gasteiger charge is -2.66. The first-order valence-electron chi connectivity index (χ1n) is 28.5. The van der Waals surface area contributed by atoms with E-state index in [2.05, 4.69) is 177 Å². The molecule has 354 valence electrons. The van der Waals surface area contributed by atoms with Crippen LogP contribution < -0.4 is 51.8 Å². The SMILES string of the molecule is CC(C)(C)c1ccc2c(c1)C1(C)CCCCC1(C)N2c1cc2c3c(c1)N(C14CC5CC1CC5C4)c1cccc4c1B3c1c(cccc1[Si]4(c1ccccc1)c1ccccc1)N2C12CC3CC4CC(C1)C43C2. The highest BCUT2D eigenvalue weighted by Crippen LogP contribution is 2.83. The van der Waals surface area contributed by atoms with E-state index >= 15 is 0 Å². The molecule has 4 heterocycles. The van der Waals surface area contributed by atoms with Gasteiger partial charge in [-0.15, -0.1) is 0 Å². The van der Waals surface area contributed by atoms with E-state index in [9.17, 15) is 0 Å². The second-order valence-electron chi connectivity index (χ2n) is 27.8. The number of fused-ring (bicyclic) bond motifs is 4. The maximum atomic E-state index is 3.19. The molecule has 6 unspecified atom stereocenters. The quantitative estimate of drug-likeness (QED) is 0.159. The molecule has 13 aliphatic rings. The molecule has 4 aliphatic heterocycles. The molecular formula is C66H68BN3Si. The van der Waals surface area contributed by atoms with E-state index in [0.29, 0.717) is 5.41 Å². The molecule has 9 aliphatic carbocycles. The number of hydrogen-bond acceptors (Lipinski definition) is 3. The van der Waals surface area contributed by atoms with Gasteiger partial charge in [-0.25, -0.2) is 0 Å². The summed E-state index contributed by atoms with van der Waals surface area (Å²) in [5, 5.41) is 6.35. The van der Waals surface area contributed by atoms with Gasteiger partial charge in [-0.3, -0.25) is 0 Å². The predicted octanol–water partition coefficient (Wildman–Crippen LogP) is 10.6. The first-order valence-corrected chi connectivity index (χ1v) is 30.5. The molecular weight excluding hydrogens is 874 g/mol. The number of anilines is 6. The highest BCUT2D eigenvalue weighted by Gasteiger charge is 2.79. The largest absolute Gasteiger partial charge is 0.336 e. The van der Waals surface area contributed by atoms with Crippen molar-refractivity contribution in [2.24, 2.45) is 40.9 Å². The second kappa shape index (κ2) is 12.5. The molecule has 71 heavy (non-hydrogen) atoms. The Hall–Kier alpha value is -5.00. The summed E-state index contributed by atoms with van der Waals surface area (Å²) in [6.07, 6.45) is 17.7. The zero-order valence-electron chi connectivity index (χ0n) is 42.7. The second-order valence-corrected chi connectivity index (χ2v) is 31.5. The van der Waals surface area contributed by atoms with Crippen molar-refractivity contribution in [3.63, 3.8) is 0 Å². The minimum Gasteiger partial charge on any atom is -0.336 e. The third-order valence-corrected chi connectivity index (χ3v) is 29.5. The number of benzene rings is 6. The zero-order valence-corrected chi connectivity index (χ0v) is 43.7. The van der Waals surface area contributed by atoms with Gasteiger partial charge in [0.05, 0.1) is 5.54 Å². The van der Waals surface area contributed by atoms with E-state index in [-0.39, 0.29) is 34.2 Å². The monoisotopic (exact) mass is 942 g/mol. The summed E-state index contributed by atoms with van der Waals surface area (Å²) in [5.41, 5.74) is 18.3. The number of hydrogen-bond donors (Lipinski definition) is 0. The van der Waals surface area contributed by atoms with Crippen molar-refractivity contribution in [1.29, 1.82) is 0 Å². The molecule has 1 spiro atoms. The van der Waals surface area contributed by atoms with E-state index in [4.69, 9.17) is 0 Å². The summed E-state index contributed by atoms with van der Waals surface area (Å²) in [5.74, 6) is 5.27. The molecule has 0 N–H and O–H groups in total. The van der Waals surface area contributed by atoms with Crippen LogP contribution in [0.3, 0.4) is 0 Å². The Labute approximate surface area is 423 Å². The summed E-state index contributed by atoms with van der Waals surface area (Å²) in [6, 6.07) is 53.1. The fourth-order valence-electron chi connectivity index (χ4n) is 21.9. The van der Waals surface area contributed by atoms with Crippen LogP contribution in [-0.2, 0) is 10.8 Å². The van der Waals surface area contributed by atoms with Crippen molar-refractivity contribution in [1.82, 2.24) is 0 Å². The van der Waals surface area contributed by atoms with E-state index in [1.807, 2.05) is 0 Å². The summed E-state index contributed by atoms with van der Waals surface area (Å²) >= 11 is 0. The van der Waals surface area contributed by atoms with Gasteiger partial charge >= 0.3 is 0 Å². The van der Waals surface area contributed by atoms with Crippen molar-refractivity contribution in [3.05, 3.63) is 139 Å². The van der Waals surface area contributed by atoms with Crippen LogP contribution in [0.4, 0.5) is 34.1 Å². The maximum absolute atomic E-state index is 3.19. The first kappa shape index (κ1) is 40.5. The predicted molar refractivity (Wildman–Crippen MR) is 297 cm³/mol. The molecule has 9 fully saturated rings. The summed E-state index contributed by atoms with van der Waals surface area (Å²) in [6.45, 7) is 12.8. The molecule has 9 saturated carbocycles. The van der Waals surface area contributed by atoms with Gasteiger partial charge in [0.1, 0.15) is 0 Å². The van der Waals surface area contributed by atoms with Gasteiger partial charge in [0.2, 0.25) is 0 Å². The molecule has 3 nitrogen and oxygen atoms in total. The Bertz CT molecular complexity index is 3320. The van der Waals surface area contributed by atoms with Crippen LogP contribution in [0.1, 0.15) is 129 Å². The van der Waals surface area contributed by atoms with Gasteiger partial charge in [-0.05, 0) is 202 Å². The topological polar surface area (TPSA) is 9.72 Å². The fourth-order valence-corrected chi connectivity index (χ4v) is 27.2. The Morgan fingerprint density at radius 1 is 0.535 bits per heavy atom. The van der Waals surface area contributed by atoms with E-state index in [1.54, 1.807) is 55.1 Å². The highest BCUT2D eigenvalue weighted by molar-refractivity contribution is 7.27. The van der Waals surface area contributed by atoms with Crippen LogP contribution in [0.2, 0.25) is 0 Å². The number of nitrogens with zero attached hydrogens (tertiary/aromatic N) is 3. The minimum absolute atomic E-state index is 0.0311. The van der Waals surface area contributed by atoms with Crippen LogP contribution >= 0.6 is 0 Å². The summed E-state index contributed by atoms with van der Waals surface area (Å²) in [7, 11) is -2.86. The van der Waals surface area contributed by atoms with Gasteiger partial charge in [0.25, 0.3) is 6.71 Å². The average Bonchev–Trinajstić information content (AvgIpc) is 4.24. The van der Waals surface area contributed by atoms with Gasteiger partial charge in [-0.2, -0.15) is 0 Å². The van der Waals surface area contributed by atoms with Gasteiger partial charge in [0, 0.05) is 50.6 Å². The lowest BCUT2D eigenvalue weighted by atomic mass is 9.33. The Morgan fingerprint density at radius 2 is 1.14 bits per heavy atom. The smallest absolute Gasteiger partial charge is 0.251 e. The first-order chi connectivity index (χ1) is 34.4. The third-order valence-electron chi connectivity index (χ3n) is 24.6. The van der Waals surface area contributed by atoms with Crippen LogP contribution in [-0.4, -0.2) is 31.4 Å². The van der Waals surface area contributed by atoms with E-state index in [0.717, 1.165) is 35.5 Å². The van der Waals surface area contributed by atoms with E-state index in [1.165, 1.54) is 111 Å². The lowest BCUT2D eigenvalue weighted by molar-refractivity contribution is -0.175. The molecule has 0 radical (unpaired) electrons. The van der Waals surface area contributed by atoms with Gasteiger partial charge in [-0.1, -0.05) is 138 Å². The minimum atomic E-state index is -2.86. The van der Waals surface area contributed by atoms with Crippen LogP contribution in [0, 0.1) is 40.9 Å². The zero-order chi connectivity index (χ0) is 47.0. The van der Waals surface area contributed by atoms with Gasteiger partial charge in [0.15, 0.2) is 8.07 Å². The normalized spacial score (nSPS) is 37.5.